The number of nitrogens with one attached hydrogen (secondary N) is 2. The molecule has 4 rings (SSSR count). The Bertz CT molecular complexity index is 808. The quantitative estimate of drug-likeness (QED) is 0.639. The summed E-state index contributed by atoms with van der Waals surface area (Å²) >= 11 is 9.65. The van der Waals surface area contributed by atoms with Crippen molar-refractivity contribution in [1.82, 2.24) is 10.3 Å². The molecule has 106 valence electrons. The molecule has 0 fully saturated rings. The van der Waals surface area contributed by atoms with E-state index in [4.69, 9.17) is 11.6 Å². The molecule has 0 bridgehead atoms. The van der Waals surface area contributed by atoms with Gasteiger partial charge in [-0.25, -0.2) is 0 Å². The first-order chi connectivity index (χ1) is 10.2. The zero-order valence-electron chi connectivity index (χ0n) is 11.3. The molecule has 3 aromatic rings. The van der Waals surface area contributed by atoms with Gasteiger partial charge in [0.1, 0.15) is 0 Å². The molecule has 2 heterocycles. The minimum Gasteiger partial charge on any atom is -0.357 e. The topological polar surface area (TPSA) is 27.8 Å². The summed E-state index contributed by atoms with van der Waals surface area (Å²) in [4.78, 5) is 3.57. The van der Waals surface area contributed by atoms with Crippen LogP contribution in [0, 0.1) is 0 Å². The average Bonchev–Trinajstić information content (AvgIpc) is 2.86. The van der Waals surface area contributed by atoms with Crippen LogP contribution in [0.4, 0.5) is 0 Å². The van der Waals surface area contributed by atoms with Gasteiger partial charge in [0, 0.05) is 32.6 Å². The number of H-pyrrole nitrogens is 1. The summed E-state index contributed by atoms with van der Waals surface area (Å²) < 4.78 is 1.10. The standard InChI is InChI=1S/C17H14BrClN2/c18-11-3-1-10(2-4-11)16-17-13(7-8-20-16)14-9-12(19)5-6-15(14)21-17/h1-6,9,16,20-21H,7-8H2. The van der Waals surface area contributed by atoms with Gasteiger partial charge in [0.05, 0.1) is 6.04 Å². The zero-order valence-corrected chi connectivity index (χ0v) is 13.6. The predicted octanol–water partition coefficient (Wildman–Crippen LogP) is 4.82. The third kappa shape index (κ3) is 2.30. The molecule has 0 amide bonds. The van der Waals surface area contributed by atoms with Gasteiger partial charge in [-0.3, -0.25) is 0 Å². The van der Waals surface area contributed by atoms with Crippen molar-refractivity contribution >= 4 is 38.4 Å². The van der Waals surface area contributed by atoms with Crippen LogP contribution in [-0.4, -0.2) is 11.5 Å². The van der Waals surface area contributed by atoms with Gasteiger partial charge in [-0.15, -0.1) is 0 Å². The van der Waals surface area contributed by atoms with E-state index < -0.39 is 0 Å². The van der Waals surface area contributed by atoms with Crippen LogP contribution in [0.5, 0.6) is 0 Å². The minimum absolute atomic E-state index is 0.216. The molecule has 2 aromatic carbocycles. The van der Waals surface area contributed by atoms with E-state index in [1.165, 1.54) is 22.2 Å². The molecular formula is C17H14BrClN2. The van der Waals surface area contributed by atoms with Crippen LogP contribution >= 0.6 is 27.5 Å². The summed E-state index contributed by atoms with van der Waals surface area (Å²) in [6.45, 7) is 0.979. The number of hydrogen-bond acceptors (Lipinski definition) is 1. The van der Waals surface area contributed by atoms with Crippen LogP contribution in [0.2, 0.25) is 5.02 Å². The van der Waals surface area contributed by atoms with Crippen molar-refractivity contribution in [3.63, 3.8) is 0 Å². The second-order valence-electron chi connectivity index (χ2n) is 5.40. The Morgan fingerprint density at radius 3 is 2.71 bits per heavy atom. The highest BCUT2D eigenvalue weighted by atomic mass is 79.9. The van der Waals surface area contributed by atoms with E-state index >= 15 is 0 Å². The summed E-state index contributed by atoms with van der Waals surface area (Å²) in [5.41, 5.74) is 5.09. The van der Waals surface area contributed by atoms with Gasteiger partial charge in [0.25, 0.3) is 0 Å². The van der Waals surface area contributed by atoms with Gasteiger partial charge in [-0.1, -0.05) is 39.7 Å². The lowest BCUT2D eigenvalue weighted by Gasteiger charge is -2.24. The summed E-state index contributed by atoms with van der Waals surface area (Å²) in [5, 5.41) is 5.65. The van der Waals surface area contributed by atoms with Crippen LogP contribution in [0.15, 0.2) is 46.9 Å². The van der Waals surface area contributed by atoms with Gasteiger partial charge in [-0.2, -0.15) is 0 Å². The number of halogens is 2. The molecule has 0 radical (unpaired) electrons. The molecule has 1 aromatic heterocycles. The molecule has 4 heteroatoms. The monoisotopic (exact) mass is 360 g/mol. The maximum absolute atomic E-state index is 6.15. The fourth-order valence-electron chi connectivity index (χ4n) is 3.14. The van der Waals surface area contributed by atoms with Gasteiger partial charge < -0.3 is 10.3 Å². The molecular weight excluding hydrogens is 348 g/mol. The summed E-state index contributed by atoms with van der Waals surface area (Å²) in [7, 11) is 0. The second-order valence-corrected chi connectivity index (χ2v) is 6.75. The van der Waals surface area contributed by atoms with Crippen molar-refractivity contribution in [3.05, 3.63) is 68.8 Å². The maximum atomic E-state index is 6.15. The predicted molar refractivity (Wildman–Crippen MR) is 91.0 cm³/mol. The highest BCUT2D eigenvalue weighted by Gasteiger charge is 2.25. The lowest BCUT2D eigenvalue weighted by Crippen LogP contribution is -2.30. The first-order valence-corrected chi connectivity index (χ1v) is 8.18. The van der Waals surface area contributed by atoms with Crippen molar-refractivity contribution < 1.29 is 0 Å². The van der Waals surface area contributed by atoms with Gasteiger partial charge in [0.15, 0.2) is 0 Å². The summed E-state index contributed by atoms with van der Waals surface area (Å²) in [6, 6.07) is 14.8. The molecule has 1 aliphatic heterocycles. The maximum Gasteiger partial charge on any atom is 0.0732 e. The Balaban J connectivity index is 1.88. The van der Waals surface area contributed by atoms with Crippen LogP contribution in [0.25, 0.3) is 10.9 Å². The number of aromatic amines is 1. The fourth-order valence-corrected chi connectivity index (χ4v) is 3.58. The van der Waals surface area contributed by atoms with Crippen molar-refractivity contribution in [1.29, 1.82) is 0 Å². The smallest absolute Gasteiger partial charge is 0.0732 e. The Kier molecular flexibility index (Phi) is 3.29. The Morgan fingerprint density at radius 2 is 1.90 bits per heavy atom. The SMILES string of the molecule is Clc1ccc2[nH]c3c(c2c1)CCNC3c1ccc(Br)cc1. The van der Waals surface area contributed by atoms with Crippen LogP contribution in [0.3, 0.4) is 0 Å². The van der Waals surface area contributed by atoms with E-state index in [2.05, 4.69) is 62.6 Å². The molecule has 1 unspecified atom stereocenters. The zero-order chi connectivity index (χ0) is 14.4. The minimum atomic E-state index is 0.216. The lowest BCUT2D eigenvalue weighted by atomic mass is 9.94. The Labute approximate surface area is 136 Å². The average molecular weight is 362 g/mol. The lowest BCUT2D eigenvalue weighted by molar-refractivity contribution is 0.560. The largest absolute Gasteiger partial charge is 0.357 e. The number of benzene rings is 2. The number of rotatable bonds is 1. The molecule has 0 saturated carbocycles. The third-order valence-electron chi connectivity index (χ3n) is 4.12. The van der Waals surface area contributed by atoms with E-state index in [0.29, 0.717) is 0 Å². The first-order valence-electron chi connectivity index (χ1n) is 7.01. The van der Waals surface area contributed by atoms with Gasteiger partial charge in [-0.05, 0) is 47.9 Å². The number of aromatic nitrogens is 1. The van der Waals surface area contributed by atoms with E-state index in [1.54, 1.807) is 0 Å². The van der Waals surface area contributed by atoms with Crippen molar-refractivity contribution in [3.8, 4) is 0 Å². The first kappa shape index (κ1) is 13.4. The van der Waals surface area contributed by atoms with Crippen molar-refractivity contribution in [2.24, 2.45) is 0 Å². The fraction of sp³-hybridized carbons (Fsp3) is 0.176. The Morgan fingerprint density at radius 1 is 1.10 bits per heavy atom. The molecule has 1 atom stereocenters. The molecule has 1 aliphatic rings. The van der Waals surface area contributed by atoms with Crippen LogP contribution in [0.1, 0.15) is 22.9 Å². The van der Waals surface area contributed by atoms with Crippen LogP contribution in [-0.2, 0) is 6.42 Å². The molecule has 0 aliphatic carbocycles. The molecule has 21 heavy (non-hydrogen) atoms. The van der Waals surface area contributed by atoms with E-state index in [-0.39, 0.29) is 6.04 Å². The summed E-state index contributed by atoms with van der Waals surface area (Å²) in [6.07, 6.45) is 1.03. The van der Waals surface area contributed by atoms with E-state index in [1.807, 2.05) is 6.07 Å². The third-order valence-corrected chi connectivity index (χ3v) is 4.88. The summed E-state index contributed by atoms with van der Waals surface area (Å²) in [5.74, 6) is 0. The normalized spacial score (nSPS) is 17.9. The number of fused-ring (bicyclic) bond motifs is 3. The highest BCUT2D eigenvalue weighted by Crippen LogP contribution is 2.34. The Hall–Kier alpha value is -1.29. The van der Waals surface area contributed by atoms with E-state index in [0.717, 1.165) is 28.0 Å². The van der Waals surface area contributed by atoms with E-state index in [9.17, 15) is 0 Å². The molecule has 2 nitrogen and oxygen atoms in total. The number of hydrogen-bond donors (Lipinski definition) is 2. The van der Waals surface area contributed by atoms with Crippen molar-refractivity contribution in [2.75, 3.05) is 6.54 Å². The molecule has 0 spiro atoms. The van der Waals surface area contributed by atoms with Gasteiger partial charge in [0.2, 0.25) is 0 Å². The van der Waals surface area contributed by atoms with Gasteiger partial charge >= 0.3 is 0 Å². The van der Waals surface area contributed by atoms with Crippen LogP contribution < -0.4 is 5.32 Å². The molecule has 0 saturated heterocycles. The second kappa shape index (κ2) is 5.16. The molecule has 2 N–H and O–H groups in total. The van der Waals surface area contributed by atoms with Crippen molar-refractivity contribution in [2.45, 2.75) is 12.5 Å². The highest BCUT2D eigenvalue weighted by molar-refractivity contribution is 9.10.